The SMILES string of the molecule is O=C(O)C=Cc1cnc2ccc(=O)n(CC3OCCO3)c2c1. The molecule has 3 rings (SSSR count). The Bertz CT molecular complexity index is 790. The first kappa shape index (κ1) is 14.4. The first-order chi connectivity index (χ1) is 10.6. The predicted molar refractivity (Wildman–Crippen MR) is 78.4 cm³/mol. The van der Waals surface area contributed by atoms with Crippen LogP contribution in [0.25, 0.3) is 17.1 Å². The van der Waals surface area contributed by atoms with Crippen LogP contribution in [0.1, 0.15) is 5.56 Å². The first-order valence-electron chi connectivity index (χ1n) is 6.77. The quantitative estimate of drug-likeness (QED) is 0.843. The minimum absolute atomic E-state index is 0.187. The highest BCUT2D eigenvalue weighted by molar-refractivity contribution is 5.86. The van der Waals surface area contributed by atoms with E-state index in [2.05, 4.69) is 4.98 Å². The van der Waals surface area contributed by atoms with Crippen molar-refractivity contribution in [3.63, 3.8) is 0 Å². The van der Waals surface area contributed by atoms with Crippen molar-refractivity contribution in [1.82, 2.24) is 9.55 Å². The van der Waals surface area contributed by atoms with Crippen LogP contribution >= 0.6 is 0 Å². The van der Waals surface area contributed by atoms with Gasteiger partial charge in [-0.1, -0.05) is 0 Å². The average molecular weight is 302 g/mol. The highest BCUT2D eigenvalue weighted by Gasteiger charge is 2.18. The summed E-state index contributed by atoms with van der Waals surface area (Å²) in [6.45, 7) is 1.29. The lowest BCUT2D eigenvalue weighted by atomic mass is 10.2. The van der Waals surface area contributed by atoms with Gasteiger partial charge in [-0.25, -0.2) is 4.79 Å². The van der Waals surface area contributed by atoms with Crippen LogP contribution in [0.15, 0.2) is 35.3 Å². The van der Waals surface area contributed by atoms with E-state index in [1.165, 1.54) is 16.7 Å². The van der Waals surface area contributed by atoms with E-state index in [1.54, 1.807) is 18.3 Å². The second-order valence-corrected chi connectivity index (χ2v) is 4.80. The molecule has 2 aromatic heterocycles. The Balaban J connectivity index is 2.04. The van der Waals surface area contributed by atoms with Gasteiger partial charge in [0, 0.05) is 18.3 Å². The van der Waals surface area contributed by atoms with Gasteiger partial charge < -0.3 is 19.1 Å². The zero-order valence-corrected chi connectivity index (χ0v) is 11.6. The molecular formula is C15H14N2O5. The Hall–Kier alpha value is -2.51. The number of rotatable bonds is 4. The Morgan fingerprint density at radius 3 is 2.91 bits per heavy atom. The molecule has 7 nitrogen and oxygen atoms in total. The molecule has 114 valence electrons. The molecule has 22 heavy (non-hydrogen) atoms. The van der Waals surface area contributed by atoms with Crippen LogP contribution in [-0.4, -0.2) is 40.1 Å². The van der Waals surface area contributed by atoms with Crippen molar-refractivity contribution in [2.75, 3.05) is 13.2 Å². The molecule has 1 saturated heterocycles. The summed E-state index contributed by atoms with van der Waals surface area (Å²) in [5.41, 5.74) is 1.67. The van der Waals surface area contributed by atoms with Crippen LogP contribution in [0.4, 0.5) is 0 Å². The van der Waals surface area contributed by atoms with Crippen molar-refractivity contribution in [2.45, 2.75) is 12.8 Å². The van der Waals surface area contributed by atoms with Crippen molar-refractivity contribution in [1.29, 1.82) is 0 Å². The summed E-state index contributed by atoms with van der Waals surface area (Å²) in [6, 6.07) is 4.80. The standard InChI is InChI=1S/C15H14N2O5/c18-13-3-2-11-12(17(13)9-15-21-5-6-22-15)7-10(8-16-11)1-4-14(19)20/h1-4,7-8,15H,5-6,9H2,(H,19,20). The molecule has 0 aromatic carbocycles. The van der Waals surface area contributed by atoms with Crippen LogP contribution in [0, 0.1) is 0 Å². The topological polar surface area (TPSA) is 90.7 Å². The number of hydrogen-bond acceptors (Lipinski definition) is 5. The maximum Gasteiger partial charge on any atom is 0.328 e. The van der Waals surface area contributed by atoms with E-state index in [9.17, 15) is 9.59 Å². The summed E-state index contributed by atoms with van der Waals surface area (Å²) in [5.74, 6) is -1.04. The van der Waals surface area contributed by atoms with E-state index >= 15 is 0 Å². The molecule has 0 atom stereocenters. The Morgan fingerprint density at radius 1 is 1.41 bits per heavy atom. The zero-order valence-electron chi connectivity index (χ0n) is 11.6. The van der Waals surface area contributed by atoms with E-state index in [4.69, 9.17) is 14.6 Å². The Labute approximate surface area is 125 Å². The van der Waals surface area contributed by atoms with E-state index < -0.39 is 12.3 Å². The molecular weight excluding hydrogens is 288 g/mol. The molecule has 0 saturated carbocycles. The smallest absolute Gasteiger partial charge is 0.328 e. The lowest BCUT2D eigenvalue weighted by molar-refractivity contribution is -0.131. The molecule has 3 heterocycles. The summed E-state index contributed by atoms with van der Waals surface area (Å²) < 4.78 is 12.3. The first-order valence-corrected chi connectivity index (χ1v) is 6.77. The lowest BCUT2D eigenvalue weighted by Crippen LogP contribution is -2.27. The average Bonchev–Trinajstić information content (AvgIpc) is 3.01. The van der Waals surface area contributed by atoms with E-state index in [1.807, 2.05) is 0 Å². The van der Waals surface area contributed by atoms with Gasteiger partial charge in [-0.3, -0.25) is 9.78 Å². The lowest BCUT2D eigenvalue weighted by Gasteiger charge is -2.14. The number of hydrogen-bond donors (Lipinski definition) is 1. The molecule has 1 N–H and O–H groups in total. The molecule has 0 spiro atoms. The number of carbonyl (C=O) groups is 1. The van der Waals surface area contributed by atoms with Crippen LogP contribution in [0.5, 0.6) is 0 Å². The van der Waals surface area contributed by atoms with Gasteiger partial charge in [-0.15, -0.1) is 0 Å². The number of carboxylic acid groups (broad SMARTS) is 1. The summed E-state index contributed by atoms with van der Waals surface area (Å²) in [5, 5.41) is 8.68. The van der Waals surface area contributed by atoms with E-state index in [0.29, 0.717) is 29.8 Å². The van der Waals surface area contributed by atoms with E-state index in [-0.39, 0.29) is 12.1 Å². The Morgan fingerprint density at radius 2 is 2.18 bits per heavy atom. The fourth-order valence-corrected chi connectivity index (χ4v) is 2.29. The second-order valence-electron chi connectivity index (χ2n) is 4.80. The summed E-state index contributed by atoms with van der Waals surface area (Å²) >= 11 is 0. The molecule has 0 aliphatic carbocycles. The van der Waals surface area contributed by atoms with Crippen LogP contribution in [0.3, 0.4) is 0 Å². The number of fused-ring (bicyclic) bond motifs is 1. The van der Waals surface area contributed by atoms with Gasteiger partial charge in [0.15, 0.2) is 6.29 Å². The maximum absolute atomic E-state index is 12.1. The molecule has 0 radical (unpaired) electrons. The molecule has 0 amide bonds. The fourth-order valence-electron chi connectivity index (χ4n) is 2.29. The highest BCUT2D eigenvalue weighted by atomic mass is 16.7. The minimum Gasteiger partial charge on any atom is -0.478 e. The molecule has 1 fully saturated rings. The van der Waals surface area contributed by atoms with Crippen molar-refractivity contribution < 1.29 is 19.4 Å². The molecule has 2 aromatic rings. The summed E-state index contributed by atoms with van der Waals surface area (Å²) in [7, 11) is 0. The van der Waals surface area contributed by atoms with Gasteiger partial charge in [-0.2, -0.15) is 0 Å². The third-order valence-corrected chi connectivity index (χ3v) is 3.30. The molecule has 0 bridgehead atoms. The summed E-state index contributed by atoms with van der Waals surface area (Å²) in [6.07, 6.45) is 3.55. The summed E-state index contributed by atoms with van der Waals surface area (Å²) in [4.78, 5) is 27.0. The third kappa shape index (κ3) is 3.05. The number of pyridine rings is 2. The zero-order chi connectivity index (χ0) is 15.5. The van der Waals surface area contributed by atoms with Crippen LogP contribution < -0.4 is 5.56 Å². The van der Waals surface area contributed by atoms with Gasteiger partial charge in [0.1, 0.15) is 0 Å². The normalized spacial score (nSPS) is 15.8. The van der Waals surface area contributed by atoms with Crippen LogP contribution in [0.2, 0.25) is 0 Å². The van der Waals surface area contributed by atoms with Gasteiger partial charge >= 0.3 is 5.97 Å². The van der Waals surface area contributed by atoms with Crippen LogP contribution in [-0.2, 0) is 20.8 Å². The predicted octanol–water partition coefficient (Wildman–Crippen LogP) is 0.867. The van der Waals surface area contributed by atoms with Gasteiger partial charge in [-0.05, 0) is 23.8 Å². The second kappa shape index (κ2) is 6.08. The fraction of sp³-hybridized carbons (Fsp3) is 0.267. The van der Waals surface area contributed by atoms with Gasteiger partial charge in [0.25, 0.3) is 5.56 Å². The third-order valence-electron chi connectivity index (χ3n) is 3.30. The molecule has 1 aliphatic rings. The van der Waals surface area contributed by atoms with Crippen molar-refractivity contribution in [3.8, 4) is 0 Å². The number of ether oxygens (including phenoxy) is 2. The number of nitrogens with zero attached hydrogens (tertiary/aromatic N) is 2. The highest BCUT2D eigenvalue weighted by Crippen LogP contribution is 2.15. The molecule has 7 heteroatoms. The number of aromatic nitrogens is 2. The van der Waals surface area contributed by atoms with Crippen molar-refractivity contribution in [3.05, 3.63) is 46.4 Å². The maximum atomic E-state index is 12.1. The van der Waals surface area contributed by atoms with E-state index in [0.717, 1.165) is 6.08 Å². The minimum atomic E-state index is -1.04. The largest absolute Gasteiger partial charge is 0.478 e. The van der Waals surface area contributed by atoms with Gasteiger partial charge in [0.2, 0.25) is 0 Å². The Kier molecular flexibility index (Phi) is 3.99. The van der Waals surface area contributed by atoms with Crippen molar-refractivity contribution in [2.24, 2.45) is 0 Å². The number of aliphatic carboxylic acids is 1. The molecule has 0 unspecified atom stereocenters. The molecule has 1 aliphatic heterocycles. The van der Waals surface area contributed by atoms with Gasteiger partial charge in [0.05, 0.1) is 30.8 Å². The number of carboxylic acids is 1. The van der Waals surface area contributed by atoms with Crippen molar-refractivity contribution >= 4 is 23.1 Å². The monoisotopic (exact) mass is 302 g/mol.